The first-order chi connectivity index (χ1) is 25.3. The van der Waals surface area contributed by atoms with E-state index >= 15 is 0 Å². The van der Waals surface area contributed by atoms with Crippen molar-refractivity contribution < 1.29 is 0 Å². The van der Waals surface area contributed by atoms with Crippen LogP contribution in [0.3, 0.4) is 0 Å². The summed E-state index contributed by atoms with van der Waals surface area (Å²) in [7, 11) is 0. The fraction of sp³-hybridized carbons (Fsp3) is 0. The molecule has 10 rings (SSSR count). The molecule has 0 atom stereocenters. The molecule has 4 heteroatoms. The topological polar surface area (TPSA) is 38.7 Å². The Hall–Kier alpha value is -6.19. The minimum absolute atomic E-state index is 0.0248. The van der Waals surface area contributed by atoms with Crippen LogP contribution in [0, 0.1) is 0 Å². The molecule has 2 aromatic heterocycles. The number of aromatic nitrogens is 3. The monoisotopic (exact) mass is 715 g/mol. The summed E-state index contributed by atoms with van der Waals surface area (Å²) in [5.41, 5.74) is 8.02. The van der Waals surface area contributed by atoms with Crippen molar-refractivity contribution in [1.82, 2.24) is 15.0 Å². The number of benzene rings is 8. The summed E-state index contributed by atoms with van der Waals surface area (Å²) in [5, 5.41) is 7.64. The van der Waals surface area contributed by atoms with Gasteiger partial charge in [-0.3, -0.25) is 0 Å². The Kier molecular flexibility index (Phi) is 7.16. The summed E-state index contributed by atoms with van der Waals surface area (Å²) in [4.78, 5) is 15.2. The third kappa shape index (κ3) is 5.16. The van der Waals surface area contributed by atoms with Crippen LogP contribution in [0.2, 0.25) is 0 Å². The van der Waals surface area contributed by atoms with E-state index in [1.54, 1.807) is 0 Å². The first-order valence-corrected chi connectivity index (χ1v) is 18.8. The molecule has 10 aromatic rings. The Morgan fingerprint density at radius 1 is 0.294 bits per heavy atom. The zero-order chi connectivity index (χ0) is 33.7. The predicted octanol–water partition coefficient (Wildman–Crippen LogP) is 11.9. The van der Waals surface area contributed by atoms with Gasteiger partial charge >= 0.3 is 303 Å². The fourth-order valence-electron chi connectivity index (χ4n) is 7.28. The molecule has 0 N–H and O–H groups in total. The number of fused-ring (bicyclic) bond motifs is 6. The van der Waals surface area contributed by atoms with E-state index in [0.29, 0.717) is 17.5 Å². The van der Waals surface area contributed by atoms with E-state index in [2.05, 4.69) is 140 Å². The molecule has 2 heterocycles. The molecule has 0 saturated heterocycles. The van der Waals surface area contributed by atoms with Crippen LogP contribution >= 0.6 is 0 Å². The summed E-state index contributed by atoms with van der Waals surface area (Å²) < 4.78 is 2.71. The van der Waals surface area contributed by atoms with Gasteiger partial charge in [-0.25, -0.2) is 0 Å². The molecular formula is C47H29N3Se. The summed E-state index contributed by atoms with van der Waals surface area (Å²) in [5.74, 6) is 2.07. The fourth-order valence-corrected chi connectivity index (χ4v) is 10.1. The van der Waals surface area contributed by atoms with Crippen molar-refractivity contribution in [2.75, 3.05) is 0 Å². The van der Waals surface area contributed by atoms with Gasteiger partial charge in [-0.2, -0.15) is 0 Å². The van der Waals surface area contributed by atoms with E-state index in [9.17, 15) is 0 Å². The first-order valence-electron chi connectivity index (χ1n) is 17.1. The van der Waals surface area contributed by atoms with Gasteiger partial charge in [0, 0.05) is 0 Å². The zero-order valence-corrected chi connectivity index (χ0v) is 29.2. The third-order valence-corrected chi connectivity index (χ3v) is 12.4. The number of hydrogen-bond donors (Lipinski definition) is 0. The molecular weight excluding hydrogens is 685 g/mol. The van der Waals surface area contributed by atoms with E-state index < -0.39 is 0 Å². The van der Waals surface area contributed by atoms with Gasteiger partial charge in [0.25, 0.3) is 0 Å². The number of nitrogens with zero attached hydrogens (tertiary/aromatic N) is 3. The van der Waals surface area contributed by atoms with Gasteiger partial charge in [-0.05, 0) is 0 Å². The molecule has 0 unspecified atom stereocenters. The summed E-state index contributed by atoms with van der Waals surface area (Å²) >= 11 is 0.0248. The summed E-state index contributed by atoms with van der Waals surface area (Å²) in [6.45, 7) is 0. The van der Waals surface area contributed by atoms with Crippen molar-refractivity contribution in [3.63, 3.8) is 0 Å². The van der Waals surface area contributed by atoms with Crippen molar-refractivity contribution in [3.8, 4) is 56.4 Å². The van der Waals surface area contributed by atoms with E-state index in [-0.39, 0.29) is 14.5 Å². The van der Waals surface area contributed by atoms with E-state index in [1.165, 1.54) is 63.1 Å². The average Bonchev–Trinajstić information content (AvgIpc) is 3.60. The van der Waals surface area contributed by atoms with Crippen molar-refractivity contribution in [3.05, 3.63) is 176 Å². The second-order valence-corrected chi connectivity index (χ2v) is 14.9. The standard InChI is InChI=1S/C47H29N3Se/c1-3-14-32(15-4-1)45-48-46(33-16-5-2-6-17-33)50-47(49-45)41-24-12-23-40-39-22-11-21-38(43(39)51-44(40)41)37-20-10-9-19-36(37)34-28-27-31-26-25-30-13-7-8-18-35(30)42(31)29-34/h1-29H. The van der Waals surface area contributed by atoms with Crippen LogP contribution in [0.1, 0.15) is 0 Å². The summed E-state index contributed by atoms with van der Waals surface area (Å²) in [6, 6.07) is 62.6. The second-order valence-electron chi connectivity index (χ2n) is 12.8. The number of hydrogen-bond acceptors (Lipinski definition) is 3. The van der Waals surface area contributed by atoms with Crippen LogP contribution < -0.4 is 0 Å². The SMILES string of the molecule is c1ccc(-c2nc(-c3ccccc3)nc(-c3cccc4c3[se]c3c(-c5ccccc5-c5ccc6ccc7ccccc7c6c5)cccc34)n2)cc1. The van der Waals surface area contributed by atoms with Gasteiger partial charge in [0.15, 0.2) is 0 Å². The molecule has 0 spiro atoms. The molecule has 0 aliphatic heterocycles. The Bertz CT molecular complexity index is 2860. The average molecular weight is 715 g/mol. The normalized spacial score (nSPS) is 11.5. The molecule has 0 bridgehead atoms. The predicted molar refractivity (Wildman–Crippen MR) is 214 cm³/mol. The maximum atomic E-state index is 5.11. The van der Waals surface area contributed by atoms with Gasteiger partial charge in [0.2, 0.25) is 0 Å². The van der Waals surface area contributed by atoms with Gasteiger partial charge in [0.1, 0.15) is 0 Å². The van der Waals surface area contributed by atoms with Crippen molar-refractivity contribution in [2.45, 2.75) is 0 Å². The van der Waals surface area contributed by atoms with Crippen LogP contribution in [0.25, 0.3) is 97.3 Å². The van der Waals surface area contributed by atoms with Crippen LogP contribution in [0.4, 0.5) is 0 Å². The van der Waals surface area contributed by atoms with Crippen LogP contribution in [0.15, 0.2) is 176 Å². The Morgan fingerprint density at radius 3 is 1.49 bits per heavy atom. The molecule has 0 fully saturated rings. The van der Waals surface area contributed by atoms with Crippen molar-refractivity contribution in [2.24, 2.45) is 0 Å². The molecule has 0 aliphatic carbocycles. The van der Waals surface area contributed by atoms with Gasteiger partial charge in [0.05, 0.1) is 0 Å². The Labute approximate surface area is 301 Å². The molecule has 3 nitrogen and oxygen atoms in total. The molecule has 51 heavy (non-hydrogen) atoms. The second kappa shape index (κ2) is 12.3. The van der Waals surface area contributed by atoms with E-state index in [0.717, 1.165) is 16.7 Å². The van der Waals surface area contributed by atoms with Crippen molar-refractivity contribution >= 4 is 55.3 Å². The third-order valence-electron chi connectivity index (χ3n) is 9.74. The molecule has 238 valence electrons. The maximum absolute atomic E-state index is 5.11. The Balaban J connectivity index is 1.16. The minimum atomic E-state index is 0.0248. The summed E-state index contributed by atoms with van der Waals surface area (Å²) in [6.07, 6.45) is 0. The molecule has 0 amide bonds. The van der Waals surface area contributed by atoms with Crippen LogP contribution in [-0.2, 0) is 0 Å². The molecule has 0 saturated carbocycles. The quantitative estimate of drug-likeness (QED) is 0.132. The van der Waals surface area contributed by atoms with Crippen LogP contribution in [-0.4, -0.2) is 29.5 Å². The molecule has 0 radical (unpaired) electrons. The Morgan fingerprint density at radius 2 is 0.784 bits per heavy atom. The van der Waals surface area contributed by atoms with Crippen LogP contribution in [0.5, 0.6) is 0 Å². The van der Waals surface area contributed by atoms with Crippen molar-refractivity contribution in [1.29, 1.82) is 0 Å². The number of rotatable bonds is 5. The van der Waals surface area contributed by atoms with Gasteiger partial charge in [-0.1, -0.05) is 0 Å². The zero-order valence-electron chi connectivity index (χ0n) is 27.5. The van der Waals surface area contributed by atoms with Gasteiger partial charge < -0.3 is 0 Å². The van der Waals surface area contributed by atoms with E-state index in [4.69, 9.17) is 15.0 Å². The molecule has 0 aliphatic rings. The van der Waals surface area contributed by atoms with Gasteiger partial charge in [-0.15, -0.1) is 0 Å². The van der Waals surface area contributed by atoms with E-state index in [1.807, 2.05) is 36.4 Å². The molecule has 8 aromatic carbocycles. The first kappa shape index (κ1) is 29.7.